The fourth-order valence-electron chi connectivity index (χ4n) is 3.36. The Morgan fingerprint density at radius 2 is 1.85 bits per heavy atom. The number of rotatable bonds is 7. The van der Waals surface area contributed by atoms with Gasteiger partial charge in [0.05, 0.1) is 16.8 Å². The van der Waals surface area contributed by atoms with Gasteiger partial charge in [-0.25, -0.2) is 8.42 Å². The molecule has 0 aliphatic heterocycles. The molecule has 0 bridgehead atoms. The first-order valence-electron chi connectivity index (χ1n) is 8.92. The van der Waals surface area contributed by atoms with Crippen LogP contribution >= 0.6 is 0 Å². The van der Waals surface area contributed by atoms with Gasteiger partial charge >= 0.3 is 6.36 Å². The van der Waals surface area contributed by atoms with Crippen LogP contribution in [0.4, 0.5) is 13.2 Å². The summed E-state index contributed by atoms with van der Waals surface area (Å²) in [6.45, 7) is 1.82. The molecule has 2 rings (SSSR count). The normalized spacial score (nSPS) is 17.9. The Balaban J connectivity index is 2.34. The van der Waals surface area contributed by atoms with Gasteiger partial charge in [0.2, 0.25) is 0 Å². The molecule has 0 amide bonds. The second-order valence-electron chi connectivity index (χ2n) is 6.88. The van der Waals surface area contributed by atoms with E-state index in [1.165, 1.54) is 6.07 Å². The Morgan fingerprint density at radius 1 is 1.19 bits per heavy atom. The molecule has 1 unspecified atom stereocenters. The summed E-state index contributed by atoms with van der Waals surface area (Å²) in [6, 6.07) is 3.21. The SMILES string of the molecule is CCCC(O)c1cc(OC(F)(F)F)cc(S(=O)(=O)CC2CCCCC2)c1. The first kappa shape index (κ1) is 21.0. The topological polar surface area (TPSA) is 63.6 Å². The molecule has 4 nitrogen and oxygen atoms in total. The largest absolute Gasteiger partial charge is 0.573 e. The average Bonchev–Trinajstić information content (AvgIpc) is 2.53. The predicted octanol–water partition coefficient (Wildman–Crippen LogP) is 4.77. The first-order chi connectivity index (χ1) is 12.1. The van der Waals surface area contributed by atoms with Crippen LogP contribution in [0.15, 0.2) is 23.1 Å². The van der Waals surface area contributed by atoms with Crippen LogP contribution in [0.1, 0.15) is 63.5 Å². The average molecular weight is 394 g/mol. The molecule has 1 fully saturated rings. The summed E-state index contributed by atoms with van der Waals surface area (Å²) in [5.41, 5.74) is 0.121. The van der Waals surface area contributed by atoms with Crippen LogP contribution in [0, 0.1) is 5.92 Å². The standard InChI is InChI=1S/C18H25F3O4S/c1-2-6-17(22)14-9-15(25-18(19,20)21)11-16(10-14)26(23,24)12-13-7-4-3-5-8-13/h9-11,13,17,22H,2-8,12H2,1H3. The molecule has 0 radical (unpaired) electrons. The first-order valence-corrected chi connectivity index (χ1v) is 10.6. The molecule has 1 aromatic carbocycles. The predicted molar refractivity (Wildman–Crippen MR) is 91.6 cm³/mol. The summed E-state index contributed by atoms with van der Waals surface area (Å²) in [5.74, 6) is -0.691. The number of hydrogen-bond acceptors (Lipinski definition) is 4. The van der Waals surface area contributed by atoms with Crippen LogP contribution in [0.3, 0.4) is 0 Å². The van der Waals surface area contributed by atoms with Gasteiger partial charge in [0, 0.05) is 0 Å². The number of sulfone groups is 1. The number of alkyl halides is 3. The summed E-state index contributed by atoms with van der Waals surface area (Å²) >= 11 is 0. The Hall–Kier alpha value is -1.28. The second kappa shape index (κ2) is 8.61. The number of halogens is 3. The highest BCUT2D eigenvalue weighted by Gasteiger charge is 2.32. The van der Waals surface area contributed by atoms with E-state index in [1.807, 2.05) is 6.92 Å². The third-order valence-electron chi connectivity index (χ3n) is 4.62. The molecule has 0 saturated heterocycles. The van der Waals surface area contributed by atoms with Gasteiger partial charge in [-0.3, -0.25) is 0 Å². The molecule has 0 aromatic heterocycles. The van der Waals surface area contributed by atoms with Gasteiger partial charge in [-0.05, 0) is 48.9 Å². The fraction of sp³-hybridized carbons (Fsp3) is 0.667. The molecular formula is C18H25F3O4S. The summed E-state index contributed by atoms with van der Waals surface area (Å²) in [5, 5.41) is 10.1. The van der Waals surface area contributed by atoms with Crippen molar-refractivity contribution < 1.29 is 31.4 Å². The molecule has 1 atom stereocenters. The van der Waals surface area contributed by atoms with E-state index in [0.29, 0.717) is 12.8 Å². The van der Waals surface area contributed by atoms with Crippen molar-refractivity contribution in [3.63, 3.8) is 0 Å². The molecule has 148 valence electrons. The van der Waals surface area contributed by atoms with Crippen molar-refractivity contribution >= 4 is 9.84 Å². The molecule has 8 heteroatoms. The highest BCUT2D eigenvalue weighted by atomic mass is 32.2. The van der Waals surface area contributed by atoms with E-state index in [0.717, 1.165) is 44.2 Å². The molecule has 26 heavy (non-hydrogen) atoms. The number of ether oxygens (including phenoxy) is 1. The molecule has 1 aliphatic carbocycles. The summed E-state index contributed by atoms with van der Waals surface area (Å²) in [7, 11) is -3.77. The number of aliphatic hydroxyl groups excluding tert-OH is 1. The monoisotopic (exact) mass is 394 g/mol. The zero-order chi connectivity index (χ0) is 19.4. The minimum Gasteiger partial charge on any atom is -0.406 e. The maximum Gasteiger partial charge on any atom is 0.573 e. The maximum atomic E-state index is 12.7. The Kier molecular flexibility index (Phi) is 6.96. The molecule has 1 aromatic rings. The lowest BCUT2D eigenvalue weighted by atomic mass is 9.91. The lowest BCUT2D eigenvalue weighted by molar-refractivity contribution is -0.274. The van der Waals surface area contributed by atoms with Crippen LogP contribution in [-0.4, -0.2) is 25.6 Å². The third-order valence-corrected chi connectivity index (χ3v) is 6.49. The quantitative estimate of drug-likeness (QED) is 0.723. The smallest absolute Gasteiger partial charge is 0.406 e. The summed E-state index contributed by atoms with van der Waals surface area (Å²) < 4.78 is 67.2. The van der Waals surface area contributed by atoms with Crippen molar-refractivity contribution in [1.29, 1.82) is 0 Å². The van der Waals surface area contributed by atoms with E-state index in [2.05, 4.69) is 4.74 Å². The molecule has 1 N–H and O–H groups in total. The fourth-order valence-corrected chi connectivity index (χ4v) is 5.12. The van der Waals surface area contributed by atoms with Gasteiger partial charge in [-0.15, -0.1) is 13.2 Å². The lowest BCUT2D eigenvalue weighted by Gasteiger charge is -2.22. The molecule has 1 aliphatic rings. The van der Waals surface area contributed by atoms with Gasteiger partial charge < -0.3 is 9.84 Å². The third kappa shape index (κ3) is 6.16. The van der Waals surface area contributed by atoms with E-state index in [-0.39, 0.29) is 22.1 Å². The lowest BCUT2D eigenvalue weighted by Crippen LogP contribution is -2.20. The van der Waals surface area contributed by atoms with Crippen LogP contribution in [-0.2, 0) is 9.84 Å². The van der Waals surface area contributed by atoms with Crippen LogP contribution in [0.25, 0.3) is 0 Å². The molecular weight excluding hydrogens is 369 g/mol. The Morgan fingerprint density at radius 3 is 2.42 bits per heavy atom. The van der Waals surface area contributed by atoms with Gasteiger partial charge in [-0.1, -0.05) is 32.6 Å². The van der Waals surface area contributed by atoms with Crippen molar-refractivity contribution in [3.8, 4) is 5.75 Å². The van der Waals surface area contributed by atoms with Crippen molar-refractivity contribution in [2.24, 2.45) is 5.92 Å². The zero-order valence-corrected chi connectivity index (χ0v) is 15.6. The molecule has 0 heterocycles. The highest BCUT2D eigenvalue weighted by molar-refractivity contribution is 7.91. The zero-order valence-electron chi connectivity index (χ0n) is 14.8. The van der Waals surface area contributed by atoms with Crippen LogP contribution in [0.2, 0.25) is 0 Å². The van der Waals surface area contributed by atoms with E-state index >= 15 is 0 Å². The number of aliphatic hydroxyl groups is 1. The Labute approximate surface area is 152 Å². The van der Waals surface area contributed by atoms with Crippen molar-refractivity contribution in [3.05, 3.63) is 23.8 Å². The van der Waals surface area contributed by atoms with E-state index in [9.17, 15) is 26.7 Å². The van der Waals surface area contributed by atoms with E-state index < -0.39 is 28.1 Å². The van der Waals surface area contributed by atoms with Gasteiger partial charge in [0.25, 0.3) is 0 Å². The van der Waals surface area contributed by atoms with Crippen molar-refractivity contribution in [1.82, 2.24) is 0 Å². The minimum absolute atomic E-state index is 0.0185. The highest BCUT2D eigenvalue weighted by Crippen LogP contribution is 2.33. The van der Waals surface area contributed by atoms with Gasteiger partial charge in [-0.2, -0.15) is 0 Å². The van der Waals surface area contributed by atoms with Crippen LogP contribution in [0.5, 0.6) is 5.75 Å². The van der Waals surface area contributed by atoms with E-state index in [4.69, 9.17) is 0 Å². The second-order valence-corrected chi connectivity index (χ2v) is 8.91. The van der Waals surface area contributed by atoms with Gasteiger partial charge in [0.1, 0.15) is 5.75 Å². The Bertz CT molecular complexity index is 695. The minimum atomic E-state index is -4.93. The van der Waals surface area contributed by atoms with Gasteiger partial charge in [0.15, 0.2) is 9.84 Å². The van der Waals surface area contributed by atoms with Crippen molar-refractivity contribution in [2.75, 3.05) is 5.75 Å². The summed E-state index contributed by atoms with van der Waals surface area (Å²) in [6.07, 6.45) is -0.409. The van der Waals surface area contributed by atoms with Crippen LogP contribution < -0.4 is 4.74 Å². The summed E-state index contributed by atoms with van der Waals surface area (Å²) in [4.78, 5) is -0.227. The number of hydrogen-bond donors (Lipinski definition) is 1. The number of benzene rings is 1. The van der Waals surface area contributed by atoms with E-state index in [1.54, 1.807) is 0 Å². The molecule has 0 spiro atoms. The maximum absolute atomic E-state index is 12.7. The molecule has 1 saturated carbocycles. The van der Waals surface area contributed by atoms with Crippen molar-refractivity contribution in [2.45, 2.75) is 69.2 Å².